The number of guanidine groups is 1. The molecule has 0 aromatic rings. The van der Waals surface area contributed by atoms with Gasteiger partial charge in [0.05, 0.1) is 0 Å². The summed E-state index contributed by atoms with van der Waals surface area (Å²) in [5.41, 5.74) is 5.44. The number of amides is 1. The Morgan fingerprint density at radius 2 is 2.06 bits per heavy atom. The first-order valence-electron chi connectivity index (χ1n) is 5.64. The molecule has 0 heterocycles. The van der Waals surface area contributed by atoms with E-state index in [2.05, 4.69) is 23.5 Å². The van der Waals surface area contributed by atoms with Crippen molar-refractivity contribution in [2.24, 2.45) is 10.7 Å². The Labute approximate surface area is 104 Å². The van der Waals surface area contributed by atoms with Crippen molar-refractivity contribution in [3.8, 4) is 0 Å². The molecule has 0 saturated heterocycles. The molecule has 0 radical (unpaired) electrons. The molecule has 0 aromatic heterocycles. The summed E-state index contributed by atoms with van der Waals surface area (Å²) in [6.07, 6.45) is 2.94. The molecule has 0 aromatic carbocycles. The minimum Gasteiger partial charge on any atom is -0.370 e. The summed E-state index contributed by atoms with van der Waals surface area (Å²) in [7, 11) is 1.60. The molecule has 0 bridgehead atoms. The average molecular weight is 240 g/mol. The van der Waals surface area contributed by atoms with Crippen molar-refractivity contribution in [1.29, 1.82) is 0 Å². The standard InChI is InChI=1S/C10H18N4O.C2H6/c1-4-7-14(9(15)5-2)8-6-13-10(11)12-3;1-2/h4-5H,1-2,6-8H2,3H3,(H3,11,12,13);1-2H3. The molecule has 0 saturated carbocycles. The fraction of sp³-hybridized carbons (Fsp3) is 0.500. The third-order valence-corrected chi connectivity index (χ3v) is 1.76. The number of nitrogens with zero attached hydrogens (tertiary/aromatic N) is 2. The normalized spacial score (nSPS) is 9.71. The van der Waals surface area contributed by atoms with Gasteiger partial charge in [-0.2, -0.15) is 0 Å². The first-order valence-corrected chi connectivity index (χ1v) is 5.64. The number of rotatable bonds is 6. The van der Waals surface area contributed by atoms with E-state index in [9.17, 15) is 4.79 Å². The van der Waals surface area contributed by atoms with Crippen LogP contribution < -0.4 is 11.1 Å². The predicted molar refractivity (Wildman–Crippen MR) is 73.9 cm³/mol. The number of aliphatic imine (C=N–C) groups is 1. The van der Waals surface area contributed by atoms with Crippen molar-refractivity contribution < 1.29 is 4.79 Å². The second kappa shape index (κ2) is 12.3. The zero-order valence-corrected chi connectivity index (χ0v) is 11.1. The van der Waals surface area contributed by atoms with Gasteiger partial charge in [-0.3, -0.25) is 9.79 Å². The highest BCUT2D eigenvalue weighted by molar-refractivity contribution is 5.87. The third-order valence-electron chi connectivity index (χ3n) is 1.76. The first kappa shape index (κ1) is 17.6. The molecule has 0 aliphatic carbocycles. The molecule has 0 fully saturated rings. The van der Waals surface area contributed by atoms with Crippen LogP contribution in [-0.4, -0.2) is 43.4 Å². The monoisotopic (exact) mass is 240 g/mol. The Bertz CT molecular complexity index is 261. The number of carbonyl (C=O) groups excluding carboxylic acids is 1. The van der Waals surface area contributed by atoms with Crippen LogP contribution in [0, 0.1) is 0 Å². The van der Waals surface area contributed by atoms with Crippen molar-refractivity contribution in [2.75, 3.05) is 26.7 Å². The van der Waals surface area contributed by atoms with E-state index in [-0.39, 0.29) is 5.91 Å². The summed E-state index contributed by atoms with van der Waals surface area (Å²) in [6.45, 7) is 12.6. The third kappa shape index (κ3) is 9.17. The quantitative estimate of drug-likeness (QED) is 0.311. The van der Waals surface area contributed by atoms with Gasteiger partial charge in [0.25, 0.3) is 0 Å². The van der Waals surface area contributed by atoms with Gasteiger partial charge in [-0.25, -0.2) is 0 Å². The van der Waals surface area contributed by atoms with Crippen molar-refractivity contribution in [2.45, 2.75) is 13.8 Å². The van der Waals surface area contributed by atoms with Gasteiger partial charge in [0.15, 0.2) is 5.96 Å². The van der Waals surface area contributed by atoms with Crippen molar-refractivity contribution in [3.63, 3.8) is 0 Å². The highest BCUT2D eigenvalue weighted by Gasteiger charge is 2.07. The Morgan fingerprint density at radius 1 is 1.47 bits per heavy atom. The van der Waals surface area contributed by atoms with Gasteiger partial charge in [-0.15, -0.1) is 6.58 Å². The van der Waals surface area contributed by atoms with E-state index in [4.69, 9.17) is 5.73 Å². The molecule has 0 atom stereocenters. The molecule has 0 rings (SSSR count). The minimum absolute atomic E-state index is 0.122. The van der Waals surface area contributed by atoms with Crippen molar-refractivity contribution in [3.05, 3.63) is 25.3 Å². The lowest BCUT2D eigenvalue weighted by Gasteiger charge is -2.19. The van der Waals surface area contributed by atoms with Crippen molar-refractivity contribution in [1.82, 2.24) is 10.2 Å². The summed E-state index contributed by atoms with van der Waals surface area (Å²) < 4.78 is 0. The fourth-order valence-electron chi connectivity index (χ4n) is 0.974. The SMILES string of the molecule is C=CCN(CCNC(N)=NC)C(=O)C=C.CC. The van der Waals surface area contributed by atoms with Crippen LogP contribution in [0.5, 0.6) is 0 Å². The smallest absolute Gasteiger partial charge is 0.246 e. The van der Waals surface area contributed by atoms with E-state index < -0.39 is 0 Å². The van der Waals surface area contributed by atoms with Crippen LogP contribution in [0.1, 0.15) is 13.8 Å². The highest BCUT2D eigenvalue weighted by atomic mass is 16.2. The molecule has 0 unspecified atom stereocenters. The molecule has 0 aliphatic rings. The Kier molecular flexibility index (Phi) is 12.7. The summed E-state index contributed by atoms with van der Waals surface area (Å²) in [6, 6.07) is 0. The molecule has 1 amide bonds. The number of hydrogen-bond donors (Lipinski definition) is 2. The van der Waals surface area contributed by atoms with Crippen molar-refractivity contribution >= 4 is 11.9 Å². The topological polar surface area (TPSA) is 70.7 Å². The molecular weight excluding hydrogens is 216 g/mol. The molecular formula is C12H24N4O. The number of carbonyl (C=O) groups is 1. The van der Waals surface area contributed by atoms with Gasteiger partial charge in [0, 0.05) is 26.7 Å². The van der Waals surface area contributed by atoms with Gasteiger partial charge in [0.1, 0.15) is 0 Å². The lowest BCUT2D eigenvalue weighted by molar-refractivity contribution is -0.125. The van der Waals surface area contributed by atoms with Crippen LogP contribution >= 0.6 is 0 Å². The molecule has 17 heavy (non-hydrogen) atoms. The van der Waals surface area contributed by atoms with Crippen LogP contribution in [-0.2, 0) is 4.79 Å². The summed E-state index contributed by atoms with van der Waals surface area (Å²) in [5.74, 6) is 0.239. The maximum atomic E-state index is 11.3. The number of nitrogens with one attached hydrogen (secondary N) is 1. The highest BCUT2D eigenvalue weighted by Crippen LogP contribution is 1.90. The van der Waals surface area contributed by atoms with Crippen LogP contribution in [0.4, 0.5) is 0 Å². The molecule has 3 N–H and O–H groups in total. The van der Waals surface area contributed by atoms with E-state index in [1.54, 1.807) is 18.0 Å². The Hall–Kier alpha value is -1.78. The summed E-state index contributed by atoms with van der Waals surface area (Å²) in [4.78, 5) is 16.7. The molecule has 5 heteroatoms. The fourth-order valence-corrected chi connectivity index (χ4v) is 0.974. The average Bonchev–Trinajstić information content (AvgIpc) is 2.38. The predicted octanol–water partition coefficient (Wildman–Crippen LogP) is 0.747. The largest absolute Gasteiger partial charge is 0.370 e. The van der Waals surface area contributed by atoms with E-state index >= 15 is 0 Å². The molecule has 0 spiro atoms. The van der Waals surface area contributed by atoms with Crippen LogP contribution in [0.3, 0.4) is 0 Å². The zero-order chi connectivity index (χ0) is 13.7. The molecule has 98 valence electrons. The minimum atomic E-state index is -0.122. The van der Waals surface area contributed by atoms with Gasteiger partial charge in [-0.05, 0) is 6.08 Å². The summed E-state index contributed by atoms with van der Waals surface area (Å²) in [5, 5.41) is 2.87. The van der Waals surface area contributed by atoms with Gasteiger partial charge in [0.2, 0.25) is 5.91 Å². The maximum absolute atomic E-state index is 11.3. The molecule has 5 nitrogen and oxygen atoms in total. The molecule has 0 aliphatic heterocycles. The maximum Gasteiger partial charge on any atom is 0.246 e. The Morgan fingerprint density at radius 3 is 2.47 bits per heavy atom. The van der Waals surface area contributed by atoms with E-state index in [1.165, 1.54) is 6.08 Å². The van der Waals surface area contributed by atoms with Crippen LogP contribution in [0.2, 0.25) is 0 Å². The number of nitrogens with two attached hydrogens (primary N) is 1. The van der Waals surface area contributed by atoms with Crippen LogP contribution in [0.15, 0.2) is 30.3 Å². The van der Waals surface area contributed by atoms with E-state index in [1.807, 2.05) is 13.8 Å². The second-order valence-electron chi connectivity index (χ2n) is 2.81. The van der Waals surface area contributed by atoms with E-state index in [0.29, 0.717) is 25.6 Å². The number of hydrogen-bond acceptors (Lipinski definition) is 2. The van der Waals surface area contributed by atoms with Gasteiger partial charge >= 0.3 is 0 Å². The lowest BCUT2D eigenvalue weighted by Crippen LogP contribution is -2.40. The van der Waals surface area contributed by atoms with E-state index in [0.717, 1.165) is 0 Å². The first-order chi connectivity index (χ1) is 8.15. The van der Waals surface area contributed by atoms with Gasteiger partial charge in [-0.1, -0.05) is 26.5 Å². The zero-order valence-electron chi connectivity index (χ0n) is 11.1. The van der Waals surface area contributed by atoms with Crippen LogP contribution in [0.25, 0.3) is 0 Å². The second-order valence-corrected chi connectivity index (χ2v) is 2.81. The summed E-state index contributed by atoms with van der Waals surface area (Å²) >= 11 is 0. The van der Waals surface area contributed by atoms with Gasteiger partial charge < -0.3 is 16.0 Å². The Balaban J connectivity index is 0. The lowest BCUT2D eigenvalue weighted by atomic mass is 10.4.